The van der Waals surface area contributed by atoms with Gasteiger partial charge in [0.25, 0.3) is 0 Å². The second-order valence-electron chi connectivity index (χ2n) is 11.0. The van der Waals surface area contributed by atoms with E-state index in [0.29, 0.717) is 48.5 Å². The molecule has 2 aliphatic rings. The highest BCUT2D eigenvalue weighted by Crippen LogP contribution is 2.42. The Morgan fingerprint density at radius 3 is 2.51 bits per heavy atom. The molecule has 41 heavy (non-hydrogen) atoms. The van der Waals surface area contributed by atoms with Crippen molar-refractivity contribution in [1.29, 1.82) is 0 Å². The second kappa shape index (κ2) is 11.4. The van der Waals surface area contributed by atoms with Crippen LogP contribution in [0.2, 0.25) is 5.02 Å². The first-order valence-electron chi connectivity index (χ1n) is 14.0. The molecule has 2 N–H and O–H groups in total. The number of hydrogen-bond donors (Lipinski definition) is 2. The minimum atomic E-state index is -0.796. The second-order valence-corrected chi connectivity index (χ2v) is 11.4. The maximum Gasteiger partial charge on any atom is 0.159 e. The Labute approximate surface area is 242 Å². The van der Waals surface area contributed by atoms with Gasteiger partial charge in [0.05, 0.1) is 23.7 Å². The van der Waals surface area contributed by atoms with E-state index in [2.05, 4.69) is 38.9 Å². The summed E-state index contributed by atoms with van der Waals surface area (Å²) in [5.41, 5.74) is -0.476. The van der Waals surface area contributed by atoms with Crippen LogP contribution in [0.1, 0.15) is 44.8 Å². The molecule has 2 aromatic heterocycles. The van der Waals surface area contributed by atoms with E-state index >= 15 is 4.39 Å². The topological polar surface area (TPSA) is 90.3 Å². The standard InChI is InChI=1S/C30H32ClF2N7O/c1-17-14-40(18(2)13-36-17)30-20-12-21(31)26(27-22(32)8-4-9-23(27)41)28(33)29(20)37-25(38-30)16-39(19-6-3-7-19)15-24-34-10-5-11-35-24/h4-5,8-12,17-19,36,41H,3,6-7,13-16H2,1-2H3/t17-,18+/m1/s1. The number of phenolic OH excluding ortho intramolecular Hbond substituents is 1. The van der Waals surface area contributed by atoms with E-state index < -0.39 is 17.4 Å². The fraction of sp³-hybridized carbons (Fsp3) is 0.400. The van der Waals surface area contributed by atoms with Crippen molar-refractivity contribution in [1.82, 2.24) is 30.2 Å². The normalized spacial score (nSPS) is 19.6. The molecule has 0 unspecified atom stereocenters. The molecule has 8 nitrogen and oxygen atoms in total. The van der Waals surface area contributed by atoms with Crippen LogP contribution >= 0.6 is 11.6 Å². The van der Waals surface area contributed by atoms with Crippen molar-refractivity contribution in [2.24, 2.45) is 0 Å². The van der Waals surface area contributed by atoms with Crippen molar-refractivity contribution in [3.05, 3.63) is 71.0 Å². The third kappa shape index (κ3) is 5.43. The Morgan fingerprint density at radius 2 is 1.80 bits per heavy atom. The molecule has 4 aromatic rings. The number of piperazine rings is 1. The van der Waals surface area contributed by atoms with Gasteiger partial charge in [0.2, 0.25) is 0 Å². The van der Waals surface area contributed by atoms with Crippen LogP contribution in [0, 0.1) is 11.6 Å². The molecule has 2 aromatic carbocycles. The van der Waals surface area contributed by atoms with E-state index in [4.69, 9.17) is 21.6 Å². The number of hydrogen-bond acceptors (Lipinski definition) is 8. The molecule has 6 rings (SSSR count). The average molecular weight is 580 g/mol. The smallest absolute Gasteiger partial charge is 0.159 e. The minimum absolute atomic E-state index is 0.0267. The Balaban J connectivity index is 1.51. The number of aromatic nitrogens is 4. The molecule has 0 spiro atoms. The molecule has 0 bridgehead atoms. The molecule has 2 atom stereocenters. The van der Waals surface area contributed by atoms with E-state index in [1.165, 1.54) is 12.1 Å². The van der Waals surface area contributed by atoms with Crippen LogP contribution in [0.5, 0.6) is 5.75 Å². The summed E-state index contributed by atoms with van der Waals surface area (Å²) in [6.45, 7) is 6.45. The first-order chi connectivity index (χ1) is 19.8. The molecule has 2 fully saturated rings. The third-order valence-corrected chi connectivity index (χ3v) is 8.38. The summed E-state index contributed by atoms with van der Waals surface area (Å²) in [4.78, 5) is 22.9. The molecule has 1 saturated carbocycles. The van der Waals surface area contributed by atoms with Gasteiger partial charge in [-0.05, 0) is 51.0 Å². The Kier molecular flexibility index (Phi) is 7.72. The van der Waals surface area contributed by atoms with Crippen LogP contribution in [0.4, 0.5) is 14.6 Å². The molecule has 3 heterocycles. The number of aromatic hydroxyl groups is 1. The van der Waals surface area contributed by atoms with Gasteiger partial charge < -0.3 is 15.3 Å². The predicted molar refractivity (Wildman–Crippen MR) is 155 cm³/mol. The summed E-state index contributed by atoms with van der Waals surface area (Å²) in [7, 11) is 0. The minimum Gasteiger partial charge on any atom is -0.507 e. The number of rotatable bonds is 7. The highest BCUT2D eigenvalue weighted by atomic mass is 35.5. The van der Waals surface area contributed by atoms with Crippen molar-refractivity contribution in [3.8, 4) is 16.9 Å². The van der Waals surface area contributed by atoms with Gasteiger partial charge in [0.15, 0.2) is 5.82 Å². The summed E-state index contributed by atoms with van der Waals surface area (Å²) in [5, 5.41) is 14.4. The quantitative estimate of drug-likeness (QED) is 0.298. The van der Waals surface area contributed by atoms with Crippen molar-refractivity contribution < 1.29 is 13.9 Å². The lowest BCUT2D eigenvalue weighted by atomic mass is 9.91. The first kappa shape index (κ1) is 27.7. The molecule has 0 radical (unpaired) electrons. The van der Waals surface area contributed by atoms with Crippen molar-refractivity contribution in [3.63, 3.8) is 0 Å². The van der Waals surface area contributed by atoms with Crippen molar-refractivity contribution in [2.45, 2.75) is 64.3 Å². The maximum absolute atomic E-state index is 16.5. The maximum atomic E-state index is 16.5. The summed E-state index contributed by atoms with van der Waals surface area (Å²) in [6.07, 6.45) is 6.66. The number of anilines is 1. The fourth-order valence-corrected chi connectivity index (χ4v) is 5.95. The number of nitrogens with one attached hydrogen (secondary N) is 1. The predicted octanol–water partition coefficient (Wildman–Crippen LogP) is 5.47. The molecule has 1 aliphatic carbocycles. The molecular weight excluding hydrogens is 548 g/mol. The monoisotopic (exact) mass is 579 g/mol. The summed E-state index contributed by atoms with van der Waals surface area (Å²) >= 11 is 6.62. The van der Waals surface area contributed by atoms with Gasteiger partial charge in [-0.25, -0.2) is 28.7 Å². The number of halogens is 3. The Morgan fingerprint density at radius 1 is 1.05 bits per heavy atom. The van der Waals surface area contributed by atoms with Gasteiger partial charge >= 0.3 is 0 Å². The van der Waals surface area contributed by atoms with Gasteiger partial charge in [0, 0.05) is 54.6 Å². The molecule has 11 heteroatoms. The third-order valence-electron chi connectivity index (χ3n) is 8.09. The van der Waals surface area contributed by atoms with Gasteiger partial charge in [-0.2, -0.15) is 0 Å². The van der Waals surface area contributed by atoms with Crippen LogP contribution in [0.3, 0.4) is 0 Å². The van der Waals surface area contributed by atoms with Crippen molar-refractivity contribution >= 4 is 28.3 Å². The van der Waals surface area contributed by atoms with Gasteiger partial charge in [-0.3, -0.25) is 4.90 Å². The van der Waals surface area contributed by atoms with E-state index in [1.54, 1.807) is 24.5 Å². The number of benzene rings is 2. The van der Waals surface area contributed by atoms with Crippen LogP contribution in [0.15, 0.2) is 42.7 Å². The van der Waals surface area contributed by atoms with Crippen LogP contribution in [-0.4, -0.2) is 61.2 Å². The lowest BCUT2D eigenvalue weighted by molar-refractivity contribution is 0.105. The van der Waals surface area contributed by atoms with E-state index in [1.807, 2.05) is 0 Å². The fourth-order valence-electron chi connectivity index (χ4n) is 5.66. The molecule has 1 saturated heterocycles. The lowest BCUT2D eigenvalue weighted by Gasteiger charge is -2.39. The first-order valence-corrected chi connectivity index (χ1v) is 14.3. The highest BCUT2D eigenvalue weighted by Gasteiger charge is 2.31. The number of nitrogens with zero attached hydrogens (tertiary/aromatic N) is 6. The zero-order chi connectivity index (χ0) is 28.7. The van der Waals surface area contributed by atoms with E-state index in [-0.39, 0.29) is 33.7 Å². The summed E-state index contributed by atoms with van der Waals surface area (Å²) < 4.78 is 31.4. The highest BCUT2D eigenvalue weighted by molar-refractivity contribution is 6.34. The summed E-state index contributed by atoms with van der Waals surface area (Å²) in [5.74, 6) is -0.249. The number of phenols is 1. The molecular formula is C30H32ClF2N7O. The van der Waals surface area contributed by atoms with Crippen molar-refractivity contribution in [2.75, 3.05) is 18.0 Å². The lowest BCUT2D eigenvalue weighted by Crippen LogP contribution is -2.54. The Bertz CT molecular complexity index is 1550. The van der Waals surface area contributed by atoms with Gasteiger partial charge in [-0.15, -0.1) is 0 Å². The molecule has 1 aliphatic heterocycles. The van der Waals surface area contributed by atoms with Gasteiger partial charge in [-0.1, -0.05) is 24.1 Å². The van der Waals surface area contributed by atoms with Gasteiger partial charge in [0.1, 0.15) is 34.6 Å². The van der Waals surface area contributed by atoms with E-state index in [0.717, 1.165) is 31.9 Å². The van der Waals surface area contributed by atoms with Crippen LogP contribution in [0.25, 0.3) is 22.0 Å². The largest absolute Gasteiger partial charge is 0.507 e. The number of fused-ring (bicyclic) bond motifs is 1. The van der Waals surface area contributed by atoms with E-state index in [9.17, 15) is 9.50 Å². The average Bonchev–Trinajstić information content (AvgIpc) is 2.91. The van der Waals surface area contributed by atoms with Crippen LogP contribution < -0.4 is 10.2 Å². The summed E-state index contributed by atoms with van der Waals surface area (Å²) in [6, 6.07) is 7.79. The zero-order valence-electron chi connectivity index (χ0n) is 23.0. The Hall–Kier alpha value is -3.47. The SMILES string of the molecule is C[C@@H]1CN(c2nc(CN(Cc3ncccn3)C3CCC3)nc3c(F)c(-c4c(O)cccc4F)c(Cl)cc23)[C@@H](C)CN1. The zero-order valence-corrected chi connectivity index (χ0v) is 23.7. The molecule has 0 amide bonds. The molecule has 214 valence electrons. The van der Waals surface area contributed by atoms with Crippen LogP contribution in [-0.2, 0) is 13.1 Å².